The molecule has 0 aliphatic heterocycles. The summed E-state index contributed by atoms with van der Waals surface area (Å²) in [6.45, 7) is 5.57. The van der Waals surface area contributed by atoms with Gasteiger partial charge >= 0.3 is 5.97 Å². The molecule has 0 spiro atoms. The normalized spacial score (nSPS) is 13.0. The van der Waals surface area contributed by atoms with E-state index < -0.39 is 16.1 Å². The first-order chi connectivity index (χ1) is 8.35. The van der Waals surface area contributed by atoms with Gasteiger partial charge in [0.25, 0.3) is 10.1 Å². The highest BCUT2D eigenvalue weighted by Crippen LogP contribution is 2.05. The van der Waals surface area contributed by atoms with Crippen LogP contribution in [0.2, 0.25) is 0 Å². The van der Waals surface area contributed by atoms with Crippen molar-refractivity contribution in [1.29, 1.82) is 0 Å². The minimum atomic E-state index is -3.86. The summed E-state index contributed by atoms with van der Waals surface area (Å²) >= 11 is 0. The molecule has 0 fully saturated rings. The average Bonchev–Trinajstić information content (AvgIpc) is 2.28. The fourth-order valence-corrected chi connectivity index (χ4v) is 1.82. The molecule has 0 bridgehead atoms. The van der Waals surface area contributed by atoms with E-state index in [0.717, 1.165) is 6.08 Å². The van der Waals surface area contributed by atoms with Crippen molar-refractivity contribution in [1.82, 2.24) is 0 Å². The number of rotatable bonds is 10. The van der Waals surface area contributed by atoms with Crippen LogP contribution in [0.25, 0.3) is 0 Å². The fraction of sp³-hybridized carbons (Fsp3) is 0.727. The Balaban J connectivity index is 3.46. The standard InChI is InChI=1S/C11H20O6S/c1-3-11(12)17-8-7-16-10(2)6-4-5-9-18(13,14)15/h3,10H,1,4-9H2,2H3,(H,13,14,15). The number of esters is 1. The second-order valence-electron chi connectivity index (χ2n) is 3.83. The summed E-state index contributed by atoms with van der Waals surface area (Å²) < 4.78 is 39.5. The van der Waals surface area contributed by atoms with Crippen LogP contribution >= 0.6 is 0 Å². The van der Waals surface area contributed by atoms with Gasteiger partial charge in [-0.05, 0) is 26.2 Å². The molecule has 0 aliphatic carbocycles. The maximum atomic E-state index is 10.7. The molecule has 1 unspecified atom stereocenters. The third-order valence-corrected chi connectivity index (χ3v) is 2.96. The summed E-state index contributed by atoms with van der Waals surface area (Å²) in [6, 6.07) is 0. The van der Waals surface area contributed by atoms with Gasteiger partial charge in [-0.15, -0.1) is 0 Å². The minimum Gasteiger partial charge on any atom is -0.460 e. The Morgan fingerprint density at radius 3 is 2.61 bits per heavy atom. The first-order valence-corrected chi connectivity index (χ1v) is 7.32. The summed E-state index contributed by atoms with van der Waals surface area (Å²) in [5, 5.41) is 0. The van der Waals surface area contributed by atoms with Crippen LogP contribution < -0.4 is 0 Å². The van der Waals surface area contributed by atoms with Gasteiger partial charge in [-0.2, -0.15) is 8.42 Å². The number of hydrogen-bond donors (Lipinski definition) is 1. The van der Waals surface area contributed by atoms with Crippen molar-refractivity contribution in [3.05, 3.63) is 12.7 Å². The number of hydrogen-bond acceptors (Lipinski definition) is 5. The largest absolute Gasteiger partial charge is 0.460 e. The van der Waals surface area contributed by atoms with Gasteiger partial charge in [-0.3, -0.25) is 4.55 Å². The lowest BCUT2D eigenvalue weighted by atomic mass is 10.2. The molecular weight excluding hydrogens is 260 g/mol. The van der Waals surface area contributed by atoms with Crippen LogP contribution in [0.5, 0.6) is 0 Å². The van der Waals surface area contributed by atoms with Crippen LogP contribution in [-0.2, 0) is 24.4 Å². The molecule has 0 saturated carbocycles. The summed E-state index contributed by atoms with van der Waals surface area (Å²) in [5.41, 5.74) is 0. The maximum Gasteiger partial charge on any atom is 0.330 e. The molecule has 1 atom stereocenters. The van der Waals surface area contributed by atoms with Crippen molar-refractivity contribution >= 4 is 16.1 Å². The smallest absolute Gasteiger partial charge is 0.330 e. The van der Waals surface area contributed by atoms with E-state index in [1.807, 2.05) is 6.92 Å². The maximum absolute atomic E-state index is 10.7. The molecule has 0 aromatic heterocycles. The van der Waals surface area contributed by atoms with Crippen molar-refractivity contribution in [2.75, 3.05) is 19.0 Å². The highest BCUT2D eigenvalue weighted by atomic mass is 32.2. The topological polar surface area (TPSA) is 89.9 Å². The summed E-state index contributed by atoms with van der Waals surface area (Å²) in [6.07, 6.45) is 2.77. The predicted molar refractivity (Wildman–Crippen MR) is 66.8 cm³/mol. The molecule has 0 heterocycles. The molecule has 106 valence electrons. The van der Waals surface area contributed by atoms with Gasteiger partial charge < -0.3 is 9.47 Å². The number of ether oxygens (including phenoxy) is 2. The molecule has 0 rings (SSSR count). The van der Waals surface area contributed by atoms with E-state index in [0.29, 0.717) is 25.9 Å². The Bertz CT molecular complexity index is 349. The molecule has 1 N–H and O–H groups in total. The van der Waals surface area contributed by atoms with E-state index in [9.17, 15) is 13.2 Å². The monoisotopic (exact) mass is 280 g/mol. The van der Waals surface area contributed by atoms with Crippen molar-refractivity contribution in [2.24, 2.45) is 0 Å². The van der Waals surface area contributed by atoms with E-state index in [-0.39, 0.29) is 18.5 Å². The lowest BCUT2D eigenvalue weighted by molar-refractivity contribution is -0.139. The van der Waals surface area contributed by atoms with E-state index in [4.69, 9.17) is 14.0 Å². The zero-order valence-corrected chi connectivity index (χ0v) is 11.3. The van der Waals surface area contributed by atoms with Crippen molar-refractivity contribution < 1.29 is 27.2 Å². The molecular formula is C11H20O6S. The second kappa shape index (κ2) is 9.07. The Morgan fingerprint density at radius 2 is 2.06 bits per heavy atom. The lowest BCUT2D eigenvalue weighted by Gasteiger charge is -2.12. The van der Waals surface area contributed by atoms with E-state index >= 15 is 0 Å². The SMILES string of the molecule is C=CC(=O)OCCOC(C)CCCCS(=O)(=O)O. The zero-order chi connectivity index (χ0) is 14.0. The summed E-state index contributed by atoms with van der Waals surface area (Å²) in [7, 11) is -3.86. The minimum absolute atomic E-state index is 0.0474. The first-order valence-electron chi connectivity index (χ1n) is 5.71. The third-order valence-electron chi connectivity index (χ3n) is 2.16. The molecule has 0 aromatic carbocycles. The van der Waals surface area contributed by atoms with Crippen molar-refractivity contribution in [3.8, 4) is 0 Å². The number of carbonyl (C=O) groups is 1. The molecule has 0 amide bonds. The second-order valence-corrected chi connectivity index (χ2v) is 5.41. The predicted octanol–water partition coefficient (Wildman–Crippen LogP) is 1.18. The Morgan fingerprint density at radius 1 is 1.39 bits per heavy atom. The molecule has 0 radical (unpaired) electrons. The van der Waals surface area contributed by atoms with E-state index in [1.165, 1.54) is 0 Å². The summed E-state index contributed by atoms with van der Waals surface area (Å²) in [5.74, 6) is -0.712. The molecule has 0 saturated heterocycles. The first kappa shape index (κ1) is 17.1. The highest BCUT2D eigenvalue weighted by Gasteiger charge is 2.06. The Hall–Kier alpha value is -0.920. The number of unbranched alkanes of at least 4 members (excludes halogenated alkanes) is 1. The van der Waals surface area contributed by atoms with E-state index in [1.54, 1.807) is 0 Å². The van der Waals surface area contributed by atoms with Gasteiger partial charge in [0.05, 0.1) is 18.5 Å². The molecule has 6 nitrogen and oxygen atoms in total. The van der Waals surface area contributed by atoms with Crippen molar-refractivity contribution in [3.63, 3.8) is 0 Å². The van der Waals surface area contributed by atoms with Gasteiger partial charge in [0, 0.05) is 6.08 Å². The van der Waals surface area contributed by atoms with Crippen LogP contribution in [0.15, 0.2) is 12.7 Å². The van der Waals surface area contributed by atoms with Gasteiger partial charge in [0.15, 0.2) is 0 Å². The van der Waals surface area contributed by atoms with Gasteiger partial charge in [0.1, 0.15) is 6.61 Å². The molecule has 0 aliphatic rings. The summed E-state index contributed by atoms with van der Waals surface area (Å²) in [4.78, 5) is 10.7. The van der Waals surface area contributed by atoms with Crippen LogP contribution in [0.4, 0.5) is 0 Å². The Labute approximate surface area is 108 Å². The fourth-order valence-electron chi connectivity index (χ4n) is 1.25. The average molecular weight is 280 g/mol. The van der Waals surface area contributed by atoms with Crippen LogP contribution in [0.1, 0.15) is 26.2 Å². The van der Waals surface area contributed by atoms with Gasteiger partial charge in [0.2, 0.25) is 0 Å². The van der Waals surface area contributed by atoms with Crippen LogP contribution in [0, 0.1) is 0 Å². The van der Waals surface area contributed by atoms with Gasteiger partial charge in [-0.25, -0.2) is 4.79 Å². The molecule has 7 heteroatoms. The van der Waals surface area contributed by atoms with Crippen LogP contribution in [-0.4, -0.2) is 44.0 Å². The van der Waals surface area contributed by atoms with E-state index in [2.05, 4.69) is 6.58 Å². The third kappa shape index (κ3) is 11.6. The zero-order valence-electron chi connectivity index (χ0n) is 10.5. The quantitative estimate of drug-likeness (QED) is 0.280. The Kier molecular flexibility index (Phi) is 8.61. The van der Waals surface area contributed by atoms with Crippen LogP contribution in [0.3, 0.4) is 0 Å². The highest BCUT2D eigenvalue weighted by molar-refractivity contribution is 7.85. The van der Waals surface area contributed by atoms with Crippen molar-refractivity contribution in [2.45, 2.75) is 32.3 Å². The molecule has 0 aromatic rings. The van der Waals surface area contributed by atoms with Gasteiger partial charge in [-0.1, -0.05) is 6.58 Å². The number of carbonyl (C=O) groups excluding carboxylic acids is 1. The lowest BCUT2D eigenvalue weighted by Crippen LogP contribution is -2.15. The molecule has 18 heavy (non-hydrogen) atoms.